The van der Waals surface area contributed by atoms with Crippen molar-refractivity contribution in [2.45, 2.75) is 44.6 Å². The van der Waals surface area contributed by atoms with Crippen molar-refractivity contribution in [2.75, 3.05) is 25.0 Å². The van der Waals surface area contributed by atoms with E-state index in [2.05, 4.69) is 27.8 Å². The molecule has 0 bridgehead atoms. The van der Waals surface area contributed by atoms with Gasteiger partial charge in [-0.15, -0.1) is 0 Å². The second-order valence-corrected chi connectivity index (χ2v) is 7.95. The summed E-state index contributed by atoms with van der Waals surface area (Å²) >= 11 is 0. The van der Waals surface area contributed by atoms with Crippen molar-refractivity contribution in [1.29, 1.82) is 0 Å². The summed E-state index contributed by atoms with van der Waals surface area (Å²) in [5, 5.41) is 11.0. The van der Waals surface area contributed by atoms with Crippen molar-refractivity contribution in [3.8, 4) is 0 Å². The van der Waals surface area contributed by atoms with E-state index in [0.717, 1.165) is 37.1 Å². The van der Waals surface area contributed by atoms with Gasteiger partial charge in [0.1, 0.15) is 6.04 Å². The number of nitrogens with one attached hydrogen (secondary N) is 4. The standard InChI is InChI=1S/C23H29N5O5/c1-2-24-12-5-3-4-6-13-25-19(30)14-26-16-9-7-8-15-20(16)23(33)28(22(15)32)17-10-11-18(29)27-21(17)31/h2,7-9,17,24,26H,1,3-6,10-14H2,(H,25,30)(H,27,29,31). The van der Waals surface area contributed by atoms with Gasteiger partial charge < -0.3 is 16.0 Å². The van der Waals surface area contributed by atoms with Crippen LogP contribution in [-0.2, 0) is 14.4 Å². The summed E-state index contributed by atoms with van der Waals surface area (Å²) < 4.78 is 0. The second kappa shape index (κ2) is 11.3. The van der Waals surface area contributed by atoms with Crippen LogP contribution in [0.4, 0.5) is 5.69 Å². The molecule has 0 radical (unpaired) electrons. The molecular formula is C23H29N5O5. The third-order valence-corrected chi connectivity index (χ3v) is 5.62. The third-order valence-electron chi connectivity index (χ3n) is 5.62. The first-order valence-corrected chi connectivity index (χ1v) is 11.1. The van der Waals surface area contributed by atoms with Gasteiger partial charge in [-0.3, -0.25) is 34.2 Å². The summed E-state index contributed by atoms with van der Waals surface area (Å²) in [7, 11) is 0. The molecule has 2 heterocycles. The minimum Gasteiger partial charge on any atom is -0.391 e. The highest BCUT2D eigenvalue weighted by atomic mass is 16.2. The molecule has 1 aromatic carbocycles. The number of carbonyl (C=O) groups is 5. The number of unbranched alkanes of at least 4 members (excludes halogenated alkanes) is 3. The number of anilines is 1. The first kappa shape index (κ1) is 24.0. The van der Waals surface area contributed by atoms with Crippen LogP contribution in [0.3, 0.4) is 0 Å². The molecule has 0 saturated carbocycles. The van der Waals surface area contributed by atoms with E-state index in [-0.39, 0.29) is 36.4 Å². The van der Waals surface area contributed by atoms with Gasteiger partial charge in [-0.1, -0.05) is 25.5 Å². The zero-order valence-electron chi connectivity index (χ0n) is 18.4. The first-order chi connectivity index (χ1) is 15.9. The van der Waals surface area contributed by atoms with Gasteiger partial charge in [0.15, 0.2) is 0 Å². The van der Waals surface area contributed by atoms with Crippen molar-refractivity contribution in [2.24, 2.45) is 0 Å². The van der Waals surface area contributed by atoms with Crippen molar-refractivity contribution in [3.63, 3.8) is 0 Å². The number of amides is 5. The van der Waals surface area contributed by atoms with Crippen molar-refractivity contribution in [3.05, 3.63) is 42.1 Å². The lowest BCUT2D eigenvalue weighted by Gasteiger charge is -2.27. The van der Waals surface area contributed by atoms with Gasteiger partial charge in [-0.05, 0) is 37.6 Å². The summed E-state index contributed by atoms with van der Waals surface area (Å²) in [6.45, 7) is 4.99. The molecule has 2 aliphatic heterocycles. The number of hydrogen-bond donors (Lipinski definition) is 4. The minimum absolute atomic E-state index is 0.0560. The fourth-order valence-corrected chi connectivity index (χ4v) is 3.94. The number of rotatable bonds is 12. The fourth-order valence-electron chi connectivity index (χ4n) is 3.94. The molecular weight excluding hydrogens is 426 g/mol. The maximum absolute atomic E-state index is 13.0. The highest BCUT2D eigenvalue weighted by Crippen LogP contribution is 2.32. The predicted molar refractivity (Wildman–Crippen MR) is 121 cm³/mol. The Morgan fingerprint density at radius 2 is 1.85 bits per heavy atom. The summed E-state index contributed by atoms with van der Waals surface area (Å²) in [5.74, 6) is -2.50. The Balaban J connectivity index is 1.52. The normalized spacial score (nSPS) is 17.5. The molecule has 10 nitrogen and oxygen atoms in total. The summed E-state index contributed by atoms with van der Waals surface area (Å²) in [4.78, 5) is 62.5. The summed E-state index contributed by atoms with van der Waals surface area (Å²) in [6, 6.07) is 3.71. The van der Waals surface area contributed by atoms with E-state index in [1.165, 1.54) is 6.07 Å². The SMILES string of the molecule is C=CNCCCCCCNC(=O)CNc1cccc2c1C(=O)N(C1CCC(=O)NC1=O)C2=O. The fraction of sp³-hybridized carbons (Fsp3) is 0.435. The lowest BCUT2D eigenvalue weighted by Crippen LogP contribution is -2.54. The second-order valence-electron chi connectivity index (χ2n) is 7.95. The molecule has 33 heavy (non-hydrogen) atoms. The van der Waals surface area contributed by atoms with Crippen LogP contribution in [-0.4, -0.2) is 60.1 Å². The third kappa shape index (κ3) is 5.76. The molecule has 5 amide bonds. The Hall–Kier alpha value is -3.69. The van der Waals surface area contributed by atoms with Crippen molar-refractivity contribution in [1.82, 2.24) is 20.9 Å². The van der Waals surface area contributed by atoms with Gasteiger partial charge >= 0.3 is 0 Å². The molecule has 0 aromatic heterocycles. The summed E-state index contributed by atoms with van der Waals surface area (Å²) in [6.07, 6.45) is 5.80. The van der Waals surface area contributed by atoms with E-state index >= 15 is 0 Å². The lowest BCUT2D eigenvalue weighted by atomic mass is 10.0. The van der Waals surface area contributed by atoms with Gasteiger partial charge in [0.2, 0.25) is 17.7 Å². The van der Waals surface area contributed by atoms with E-state index in [0.29, 0.717) is 12.2 Å². The molecule has 10 heteroatoms. The Kier molecular flexibility index (Phi) is 8.17. The Morgan fingerprint density at radius 1 is 1.09 bits per heavy atom. The number of benzene rings is 1. The monoisotopic (exact) mass is 455 g/mol. The number of imide groups is 2. The van der Waals surface area contributed by atoms with Gasteiger partial charge in [0, 0.05) is 25.2 Å². The average Bonchev–Trinajstić information content (AvgIpc) is 3.05. The van der Waals surface area contributed by atoms with Crippen LogP contribution in [0.25, 0.3) is 0 Å². The largest absolute Gasteiger partial charge is 0.391 e. The van der Waals surface area contributed by atoms with Gasteiger partial charge in [-0.25, -0.2) is 0 Å². The molecule has 0 spiro atoms. The van der Waals surface area contributed by atoms with Crippen molar-refractivity contribution >= 4 is 35.2 Å². The smallest absolute Gasteiger partial charge is 0.264 e. The molecule has 0 aliphatic carbocycles. The van der Waals surface area contributed by atoms with Gasteiger partial charge in [0.25, 0.3) is 11.8 Å². The zero-order valence-corrected chi connectivity index (χ0v) is 18.4. The molecule has 4 N–H and O–H groups in total. The van der Waals surface area contributed by atoms with E-state index in [9.17, 15) is 24.0 Å². The first-order valence-electron chi connectivity index (χ1n) is 11.1. The molecule has 1 saturated heterocycles. The number of carbonyl (C=O) groups excluding carboxylic acids is 5. The summed E-state index contributed by atoms with van der Waals surface area (Å²) in [5.41, 5.74) is 0.652. The van der Waals surface area contributed by atoms with Crippen LogP contribution in [0.15, 0.2) is 31.0 Å². The van der Waals surface area contributed by atoms with E-state index in [1.54, 1.807) is 18.3 Å². The molecule has 1 fully saturated rings. The molecule has 3 rings (SSSR count). The van der Waals surface area contributed by atoms with Crippen LogP contribution in [0.2, 0.25) is 0 Å². The highest BCUT2D eigenvalue weighted by Gasteiger charge is 2.45. The number of hydrogen-bond acceptors (Lipinski definition) is 7. The molecule has 2 aliphatic rings. The van der Waals surface area contributed by atoms with Crippen LogP contribution in [0.1, 0.15) is 59.2 Å². The average molecular weight is 456 g/mol. The zero-order chi connectivity index (χ0) is 23.8. The maximum Gasteiger partial charge on any atom is 0.264 e. The predicted octanol–water partition coefficient (Wildman–Crippen LogP) is 0.909. The van der Waals surface area contributed by atoms with E-state index in [1.807, 2.05) is 0 Å². The quantitative estimate of drug-likeness (QED) is 0.272. The molecule has 1 aromatic rings. The van der Waals surface area contributed by atoms with E-state index in [4.69, 9.17) is 0 Å². The van der Waals surface area contributed by atoms with Crippen LogP contribution in [0, 0.1) is 0 Å². The maximum atomic E-state index is 13.0. The van der Waals surface area contributed by atoms with Gasteiger partial charge in [-0.2, -0.15) is 0 Å². The Bertz CT molecular complexity index is 961. The Labute approximate surface area is 192 Å². The van der Waals surface area contributed by atoms with E-state index < -0.39 is 29.7 Å². The topological polar surface area (TPSA) is 137 Å². The van der Waals surface area contributed by atoms with Gasteiger partial charge in [0.05, 0.1) is 17.7 Å². The molecule has 1 unspecified atom stereocenters. The van der Waals surface area contributed by atoms with Crippen LogP contribution in [0.5, 0.6) is 0 Å². The Morgan fingerprint density at radius 3 is 2.58 bits per heavy atom. The molecule has 1 atom stereocenters. The lowest BCUT2D eigenvalue weighted by molar-refractivity contribution is -0.136. The van der Waals surface area contributed by atoms with Crippen molar-refractivity contribution < 1.29 is 24.0 Å². The number of fused-ring (bicyclic) bond motifs is 1. The minimum atomic E-state index is -1.03. The van der Waals surface area contributed by atoms with Crippen LogP contribution < -0.4 is 21.3 Å². The number of piperidine rings is 1. The molecule has 176 valence electrons. The van der Waals surface area contributed by atoms with Crippen LogP contribution >= 0.6 is 0 Å². The highest BCUT2D eigenvalue weighted by molar-refractivity contribution is 6.25. The number of nitrogens with zero attached hydrogens (tertiary/aromatic N) is 1.